The number of aryl methyl sites for hydroxylation is 1. The first-order chi connectivity index (χ1) is 7.10. The number of rotatable bonds is 5. The third-order valence-corrected chi connectivity index (χ3v) is 2.78. The van der Waals surface area contributed by atoms with Crippen LogP contribution in [0.15, 0.2) is 24.3 Å². The van der Waals surface area contributed by atoms with Gasteiger partial charge in [-0.25, -0.2) is 0 Å². The molecule has 2 heteroatoms. The molecule has 0 amide bonds. The molecule has 1 aromatic rings. The van der Waals surface area contributed by atoms with Crippen molar-refractivity contribution in [1.82, 2.24) is 0 Å². The number of methoxy groups -OCH3 is 1. The Bertz CT molecular complexity index is 288. The van der Waals surface area contributed by atoms with Gasteiger partial charge in [-0.15, -0.1) is 0 Å². The van der Waals surface area contributed by atoms with Crippen LogP contribution in [-0.2, 0) is 16.8 Å². The second-order valence-corrected chi connectivity index (χ2v) is 4.24. The molecule has 0 fully saturated rings. The molecule has 0 aromatic heterocycles. The van der Waals surface area contributed by atoms with Crippen molar-refractivity contribution >= 4 is 0 Å². The van der Waals surface area contributed by atoms with E-state index in [0.717, 1.165) is 12.8 Å². The van der Waals surface area contributed by atoms with Gasteiger partial charge in [-0.3, -0.25) is 0 Å². The van der Waals surface area contributed by atoms with Crippen molar-refractivity contribution in [2.24, 2.45) is 0 Å². The van der Waals surface area contributed by atoms with Gasteiger partial charge in [0.25, 0.3) is 0 Å². The lowest BCUT2D eigenvalue weighted by atomic mass is 9.96. The lowest BCUT2D eigenvalue weighted by Gasteiger charge is -2.23. The Balaban J connectivity index is 2.72. The molecule has 0 aliphatic rings. The highest BCUT2D eigenvalue weighted by Crippen LogP contribution is 2.23. The lowest BCUT2D eigenvalue weighted by Crippen LogP contribution is -2.19. The van der Waals surface area contributed by atoms with Crippen molar-refractivity contribution < 1.29 is 9.84 Å². The van der Waals surface area contributed by atoms with E-state index in [1.807, 2.05) is 0 Å². The van der Waals surface area contributed by atoms with Crippen molar-refractivity contribution in [2.75, 3.05) is 13.7 Å². The molecule has 84 valence electrons. The first kappa shape index (κ1) is 12.2. The van der Waals surface area contributed by atoms with E-state index in [1.165, 1.54) is 11.1 Å². The zero-order chi connectivity index (χ0) is 11.3. The fourth-order valence-corrected chi connectivity index (χ4v) is 1.47. The Labute approximate surface area is 91.9 Å². The van der Waals surface area contributed by atoms with Crippen molar-refractivity contribution in [3.63, 3.8) is 0 Å². The molecular formula is C13H20O2. The van der Waals surface area contributed by atoms with Gasteiger partial charge in [0.15, 0.2) is 0 Å². The number of benzene rings is 1. The average molecular weight is 208 g/mol. The van der Waals surface area contributed by atoms with Crippen molar-refractivity contribution in [2.45, 2.75) is 32.3 Å². The van der Waals surface area contributed by atoms with E-state index in [1.54, 1.807) is 7.11 Å². The minimum absolute atomic E-state index is 0.227. The van der Waals surface area contributed by atoms with E-state index in [4.69, 9.17) is 9.84 Å². The summed E-state index contributed by atoms with van der Waals surface area (Å²) in [5, 5.41) is 8.73. The topological polar surface area (TPSA) is 29.5 Å². The molecule has 0 spiro atoms. The van der Waals surface area contributed by atoms with E-state index in [-0.39, 0.29) is 12.2 Å². The standard InChI is InChI=1S/C13H20O2/c1-13(2,15-3)12-8-6-11(7-9-12)5-4-10-14/h6-9,14H,4-5,10H2,1-3H3. The zero-order valence-corrected chi connectivity index (χ0v) is 9.79. The molecule has 0 bridgehead atoms. The highest BCUT2D eigenvalue weighted by Gasteiger charge is 2.18. The number of hydrogen-bond donors (Lipinski definition) is 1. The summed E-state index contributed by atoms with van der Waals surface area (Å²) >= 11 is 0. The first-order valence-corrected chi connectivity index (χ1v) is 5.35. The average Bonchev–Trinajstić information content (AvgIpc) is 2.27. The van der Waals surface area contributed by atoms with Crippen LogP contribution in [0.4, 0.5) is 0 Å². The summed E-state index contributed by atoms with van der Waals surface area (Å²) in [7, 11) is 1.72. The highest BCUT2D eigenvalue weighted by molar-refractivity contribution is 5.26. The molecule has 0 heterocycles. The van der Waals surface area contributed by atoms with E-state index in [0.29, 0.717) is 0 Å². The third kappa shape index (κ3) is 3.33. The summed E-state index contributed by atoms with van der Waals surface area (Å²) in [5.41, 5.74) is 2.22. The van der Waals surface area contributed by atoms with Gasteiger partial charge in [0.1, 0.15) is 0 Å². The van der Waals surface area contributed by atoms with Crippen molar-refractivity contribution in [3.8, 4) is 0 Å². The van der Waals surface area contributed by atoms with E-state index < -0.39 is 0 Å². The van der Waals surface area contributed by atoms with Crippen LogP contribution < -0.4 is 0 Å². The molecule has 0 saturated carbocycles. The molecule has 0 aliphatic heterocycles. The monoisotopic (exact) mass is 208 g/mol. The summed E-state index contributed by atoms with van der Waals surface area (Å²) in [6.07, 6.45) is 1.76. The van der Waals surface area contributed by atoms with Gasteiger partial charge in [0.2, 0.25) is 0 Å². The van der Waals surface area contributed by atoms with E-state index >= 15 is 0 Å². The Morgan fingerprint density at radius 2 is 1.80 bits per heavy atom. The van der Waals surface area contributed by atoms with Crippen LogP contribution >= 0.6 is 0 Å². The maximum Gasteiger partial charge on any atom is 0.0871 e. The van der Waals surface area contributed by atoms with Crippen LogP contribution in [0.25, 0.3) is 0 Å². The van der Waals surface area contributed by atoms with Crippen LogP contribution in [-0.4, -0.2) is 18.8 Å². The molecule has 0 saturated heterocycles. The minimum atomic E-state index is -0.227. The van der Waals surface area contributed by atoms with Crippen molar-refractivity contribution in [1.29, 1.82) is 0 Å². The van der Waals surface area contributed by atoms with Crippen LogP contribution in [0.3, 0.4) is 0 Å². The van der Waals surface area contributed by atoms with Gasteiger partial charge >= 0.3 is 0 Å². The van der Waals surface area contributed by atoms with Gasteiger partial charge in [0.05, 0.1) is 5.60 Å². The maximum absolute atomic E-state index is 8.73. The van der Waals surface area contributed by atoms with Gasteiger partial charge in [-0.1, -0.05) is 24.3 Å². The maximum atomic E-state index is 8.73. The van der Waals surface area contributed by atoms with Crippen LogP contribution in [0.2, 0.25) is 0 Å². The van der Waals surface area contributed by atoms with Gasteiger partial charge in [0, 0.05) is 13.7 Å². The summed E-state index contributed by atoms with van der Waals surface area (Å²) in [5.74, 6) is 0. The number of aliphatic hydroxyl groups excluding tert-OH is 1. The Kier molecular flexibility index (Phi) is 4.30. The zero-order valence-electron chi connectivity index (χ0n) is 9.79. The smallest absolute Gasteiger partial charge is 0.0871 e. The molecule has 0 atom stereocenters. The Morgan fingerprint density at radius 1 is 1.20 bits per heavy atom. The second-order valence-electron chi connectivity index (χ2n) is 4.24. The summed E-state index contributed by atoms with van der Waals surface area (Å²) in [4.78, 5) is 0. The molecular weight excluding hydrogens is 188 g/mol. The summed E-state index contributed by atoms with van der Waals surface area (Å²) in [6, 6.07) is 8.39. The fourth-order valence-electron chi connectivity index (χ4n) is 1.47. The lowest BCUT2D eigenvalue weighted by molar-refractivity contribution is 0.0192. The predicted molar refractivity (Wildman–Crippen MR) is 61.9 cm³/mol. The molecule has 1 N–H and O–H groups in total. The van der Waals surface area contributed by atoms with E-state index in [9.17, 15) is 0 Å². The molecule has 1 rings (SSSR count). The van der Waals surface area contributed by atoms with Crippen molar-refractivity contribution in [3.05, 3.63) is 35.4 Å². The number of ether oxygens (including phenoxy) is 1. The summed E-state index contributed by atoms with van der Waals surface area (Å²) < 4.78 is 5.40. The molecule has 1 aromatic carbocycles. The minimum Gasteiger partial charge on any atom is -0.396 e. The fraction of sp³-hybridized carbons (Fsp3) is 0.538. The van der Waals surface area contributed by atoms with Crippen LogP contribution in [0.5, 0.6) is 0 Å². The van der Waals surface area contributed by atoms with Gasteiger partial charge in [-0.05, 0) is 37.8 Å². The molecule has 15 heavy (non-hydrogen) atoms. The Hall–Kier alpha value is -0.860. The Morgan fingerprint density at radius 3 is 2.27 bits per heavy atom. The first-order valence-electron chi connectivity index (χ1n) is 5.35. The number of hydrogen-bond acceptors (Lipinski definition) is 2. The molecule has 2 nitrogen and oxygen atoms in total. The largest absolute Gasteiger partial charge is 0.396 e. The molecule has 0 aliphatic carbocycles. The van der Waals surface area contributed by atoms with Crippen LogP contribution in [0, 0.1) is 0 Å². The van der Waals surface area contributed by atoms with Crippen LogP contribution in [0.1, 0.15) is 31.4 Å². The van der Waals surface area contributed by atoms with E-state index in [2.05, 4.69) is 38.1 Å². The summed E-state index contributed by atoms with van der Waals surface area (Å²) in [6.45, 7) is 4.36. The normalized spacial score (nSPS) is 11.7. The van der Waals surface area contributed by atoms with Gasteiger partial charge < -0.3 is 9.84 Å². The molecule has 0 radical (unpaired) electrons. The predicted octanol–water partition coefficient (Wildman–Crippen LogP) is 2.49. The highest BCUT2D eigenvalue weighted by atomic mass is 16.5. The second kappa shape index (κ2) is 5.29. The SMILES string of the molecule is COC(C)(C)c1ccc(CCCO)cc1. The van der Waals surface area contributed by atoms with Gasteiger partial charge in [-0.2, -0.15) is 0 Å². The number of aliphatic hydroxyl groups is 1. The quantitative estimate of drug-likeness (QED) is 0.805. The molecule has 0 unspecified atom stereocenters. The third-order valence-electron chi connectivity index (χ3n) is 2.78.